The zero-order chi connectivity index (χ0) is 18.8. The lowest BCUT2D eigenvalue weighted by molar-refractivity contribution is -0.113. The minimum absolute atomic E-state index is 0.0763. The molecule has 10 heteroatoms. The molecule has 0 fully saturated rings. The number of hydrogen-bond donors (Lipinski definition) is 2. The van der Waals surface area contributed by atoms with Crippen molar-refractivity contribution in [3.05, 3.63) is 48.3 Å². The topological polar surface area (TPSA) is 104 Å². The van der Waals surface area contributed by atoms with Gasteiger partial charge >= 0.3 is 0 Å². The third kappa shape index (κ3) is 3.65. The molecule has 3 N–H and O–H groups in total. The first-order valence-corrected chi connectivity index (χ1v) is 8.87. The van der Waals surface area contributed by atoms with E-state index in [-0.39, 0.29) is 18.5 Å². The van der Waals surface area contributed by atoms with Crippen LogP contribution in [0.4, 0.5) is 10.1 Å². The van der Waals surface area contributed by atoms with Crippen LogP contribution in [-0.4, -0.2) is 33.3 Å². The summed E-state index contributed by atoms with van der Waals surface area (Å²) in [6.07, 6.45) is 0. The number of carbonyl (C=O) groups excluding carboxylic acids is 1. The van der Waals surface area contributed by atoms with Crippen LogP contribution in [0.5, 0.6) is 11.5 Å². The van der Waals surface area contributed by atoms with Gasteiger partial charge in [0.2, 0.25) is 17.9 Å². The lowest BCUT2D eigenvalue weighted by Crippen LogP contribution is -2.16. The van der Waals surface area contributed by atoms with Gasteiger partial charge in [-0.1, -0.05) is 23.9 Å². The quantitative estimate of drug-likeness (QED) is 0.511. The Morgan fingerprint density at radius 3 is 2.93 bits per heavy atom. The normalized spacial score (nSPS) is 12.2. The fourth-order valence-corrected chi connectivity index (χ4v) is 3.16. The van der Waals surface area contributed by atoms with Gasteiger partial charge in [-0.3, -0.25) is 4.79 Å². The maximum absolute atomic E-state index is 13.4. The number of nitrogen functional groups attached to an aromatic ring is 1. The van der Waals surface area contributed by atoms with E-state index in [0.717, 1.165) is 11.8 Å². The Labute approximate surface area is 157 Å². The Kier molecular flexibility index (Phi) is 4.55. The number of nitrogens with one attached hydrogen (secondary N) is 1. The lowest BCUT2D eigenvalue weighted by atomic mass is 10.2. The average molecular weight is 387 g/mol. The zero-order valence-corrected chi connectivity index (χ0v) is 14.7. The van der Waals surface area contributed by atoms with Crippen LogP contribution in [0.25, 0.3) is 11.4 Å². The number of rotatable bonds is 5. The molecule has 0 bridgehead atoms. The summed E-state index contributed by atoms with van der Waals surface area (Å²) in [5.41, 5.74) is 1.10. The van der Waals surface area contributed by atoms with Gasteiger partial charge in [0.15, 0.2) is 17.3 Å². The van der Waals surface area contributed by atoms with Gasteiger partial charge in [-0.05, 0) is 24.3 Å². The number of halogens is 1. The molecule has 1 aromatic heterocycles. The van der Waals surface area contributed by atoms with E-state index in [4.69, 9.17) is 15.3 Å². The number of amides is 1. The molecule has 0 spiro atoms. The molecule has 1 amide bonds. The summed E-state index contributed by atoms with van der Waals surface area (Å²) in [6.45, 7) is 0.169. The number of carbonyl (C=O) groups is 1. The van der Waals surface area contributed by atoms with Crippen LogP contribution in [0.2, 0.25) is 0 Å². The number of fused-ring (bicyclic) bond motifs is 1. The molecule has 0 saturated heterocycles. The predicted octanol–water partition coefficient (Wildman–Crippen LogP) is 2.26. The summed E-state index contributed by atoms with van der Waals surface area (Å²) in [7, 11) is 0. The first-order chi connectivity index (χ1) is 13.1. The van der Waals surface area contributed by atoms with E-state index in [1.165, 1.54) is 16.8 Å². The van der Waals surface area contributed by atoms with Crippen LogP contribution in [-0.2, 0) is 4.79 Å². The fourth-order valence-electron chi connectivity index (χ4n) is 2.50. The number of thioether (sulfide) groups is 1. The van der Waals surface area contributed by atoms with Gasteiger partial charge in [-0.15, -0.1) is 10.2 Å². The maximum atomic E-state index is 13.4. The molecule has 0 atom stereocenters. The maximum Gasteiger partial charge on any atom is 0.234 e. The fraction of sp³-hybridized carbons (Fsp3) is 0.118. The van der Waals surface area contributed by atoms with Crippen LogP contribution < -0.4 is 20.6 Å². The monoisotopic (exact) mass is 387 g/mol. The predicted molar refractivity (Wildman–Crippen MR) is 97.5 cm³/mol. The van der Waals surface area contributed by atoms with E-state index in [1.54, 1.807) is 30.3 Å². The Bertz CT molecular complexity index is 1010. The third-order valence-corrected chi connectivity index (χ3v) is 4.68. The number of ether oxygens (including phenoxy) is 2. The molecular weight excluding hydrogens is 373 g/mol. The number of nitrogens with two attached hydrogens (primary N) is 1. The highest BCUT2D eigenvalue weighted by molar-refractivity contribution is 7.99. The van der Waals surface area contributed by atoms with Crippen LogP contribution in [0.15, 0.2) is 47.6 Å². The van der Waals surface area contributed by atoms with Crippen LogP contribution in [0, 0.1) is 5.82 Å². The van der Waals surface area contributed by atoms with Gasteiger partial charge in [0.1, 0.15) is 5.82 Å². The van der Waals surface area contributed by atoms with Gasteiger partial charge in [0.25, 0.3) is 0 Å². The zero-order valence-electron chi connectivity index (χ0n) is 13.9. The van der Waals surface area contributed by atoms with Gasteiger partial charge < -0.3 is 20.6 Å². The Balaban J connectivity index is 1.39. The van der Waals surface area contributed by atoms with E-state index in [9.17, 15) is 9.18 Å². The van der Waals surface area contributed by atoms with Crippen LogP contribution >= 0.6 is 11.8 Å². The number of aromatic nitrogens is 3. The van der Waals surface area contributed by atoms with Crippen LogP contribution in [0.1, 0.15) is 0 Å². The molecule has 2 aromatic carbocycles. The SMILES string of the molecule is Nn1c(SCC(=O)Nc2ccc3c(c2)OCO3)nnc1-c1cccc(F)c1. The molecule has 27 heavy (non-hydrogen) atoms. The highest BCUT2D eigenvalue weighted by Crippen LogP contribution is 2.34. The second kappa shape index (κ2) is 7.16. The van der Waals surface area contributed by atoms with E-state index < -0.39 is 5.82 Å². The molecule has 4 rings (SSSR count). The molecule has 1 aliphatic rings. The highest BCUT2D eigenvalue weighted by atomic mass is 32.2. The third-order valence-electron chi connectivity index (χ3n) is 3.74. The first kappa shape index (κ1) is 17.2. The summed E-state index contributed by atoms with van der Waals surface area (Å²) < 4.78 is 25.1. The summed E-state index contributed by atoms with van der Waals surface area (Å²) in [5.74, 6) is 6.95. The van der Waals surface area contributed by atoms with Crippen molar-refractivity contribution in [3.8, 4) is 22.9 Å². The minimum Gasteiger partial charge on any atom is -0.454 e. The largest absolute Gasteiger partial charge is 0.454 e. The summed E-state index contributed by atoms with van der Waals surface area (Å²) >= 11 is 1.12. The van der Waals surface area contributed by atoms with Gasteiger partial charge in [0.05, 0.1) is 5.75 Å². The van der Waals surface area contributed by atoms with Gasteiger partial charge in [0, 0.05) is 17.3 Å². The van der Waals surface area contributed by atoms with Crippen molar-refractivity contribution in [2.75, 3.05) is 23.7 Å². The molecular formula is C17H14FN5O3S. The molecule has 138 valence electrons. The number of nitrogens with zero attached hydrogens (tertiary/aromatic N) is 3. The van der Waals surface area contributed by atoms with Crippen molar-refractivity contribution < 1.29 is 18.7 Å². The van der Waals surface area contributed by atoms with Gasteiger partial charge in [-0.25, -0.2) is 9.07 Å². The Hall–Kier alpha value is -3.27. The lowest BCUT2D eigenvalue weighted by Gasteiger charge is -2.06. The van der Waals surface area contributed by atoms with Crippen molar-refractivity contribution in [2.24, 2.45) is 0 Å². The van der Waals surface area contributed by atoms with Crippen molar-refractivity contribution >= 4 is 23.4 Å². The van der Waals surface area contributed by atoms with E-state index in [2.05, 4.69) is 15.5 Å². The molecule has 0 radical (unpaired) electrons. The second-order valence-electron chi connectivity index (χ2n) is 5.59. The average Bonchev–Trinajstić information content (AvgIpc) is 3.26. The molecule has 8 nitrogen and oxygen atoms in total. The van der Waals surface area contributed by atoms with Crippen LogP contribution in [0.3, 0.4) is 0 Å². The smallest absolute Gasteiger partial charge is 0.234 e. The molecule has 1 aliphatic heterocycles. The summed E-state index contributed by atoms with van der Waals surface area (Å²) in [4.78, 5) is 12.2. The Morgan fingerprint density at radius 2 is 2.07 bits per heavy atom. The molecule has 0 unspecified atom stereocenters. The Morgan fingerprint density at radius 1 is 1.22 bits per heavy atom. The highest BCUT2D eigenvalue weighted by Gasteiger charge is 2.16. The van der Waals surface area contributed by atoms with Crippen molar-refractivity contribution in [1.82, 2.24) is 14.9 Å². The van der Waals surface area contributed by atoms with E-state index in [1.807, 2.05) is 0 Å². The standard InChI is InChI=1S/C17H14FN5O3S/c18-11-3-1-2-10(6-11)16-21-22-17(23(16)19)27-8-15(24)20-12-4-5-13-14(7-12)26-9-25-13/h1-7H,8-9,19H2,(H,20,24). The summed E-state index contributed by atoms with van der Waals surface area (Å²) in [6, 6.07) is 11.0. The van der Waals surface area contributed by atoms with Gasteiger partial charge in [-0.2, -0.15) is 0 Å². The van der Waals surface area contributed by atoms with Crippen molar-refractivity contribution in [1.29, 1.82) is 0 Å². The van der Waals surface area contributed by atoms with Crippen molar-refractivity contribution in [2.45, 2.75) is 5.16 Å². The molecule has 0 saturated carbocycles. The number of benzene rings is 2. The summed E-state index contributed by atoms with van der Waals surface area (Å²) in [5, 5.41) is 11.0. The first-order valence-electron chi connectivity index (χ1n) is 7.89. The molecule has 2 heterocycles. The van der Waals surface area contributed by atoms with Crippen molar-refractivity contribution in [3.63, 3.8) is 0 Å². The molecule has 0 aliphatic carbocycles. The minimum atomic E-state index is -0.396. The van der Waals surface area contributed by atoms with E-state index >= 15 is 0 Å². The number of anilines is 1. The molecule has 3 aromatic rings. The second-order valence-corrected chi connectivity index (χ2v) is 6.53. The number of hydrogen-bond acceptors (Lipinski definition) is 7. The van der Waals surface area contributed by atoms with E-state index in [0.29, 0.717) is 33.7 Å².